The molecule has 28 heavy (non-hydrogen) atoms. The molecule has 4 aromatic rings. The van der Waals surface area contributed by atoms with Crippen LogP contribution in [0.4, 0.5) is 0 Å². The standard InChI is InChI=1S/C20H17ClN4O2S/c21-16-8-10-17(11-9-16)28(26,27)23-13-14-25-19(15-5-2-1-3-6-15)24-18-7-4-12-22-20(18)25/h1-12,23H,13-14H2. The monoisotopic (exact) mass is 412 g/mol. The van der Waals surface area contributed by atoms with Crippen molar-refractivity contribution < 1.29 is 8.42 Å². The topological polar surface area (TPSA) is 76.9 Å². The summed E-state index contributed by atoms with van der Waals surface area (Å²) in [5.41, 5.74) is 2.43. The molecule has 0 amide bonds. The summed E-state index contributed by atoms with van der Waals surface area (Å²) in [6.07, 6.45) is 1.70. The molecule has 0 saturated carbocycles. The van der Waals surface area contributed by atoms with Crippen LogP contribution in [-0.2, 0) is 16.6 Å². The number of fused-ring (bicyclic) bond motifs is 1. The summed E-state index contributed by atoms with van der Waals surface area (Å²) < 4.78 is 29.5. The molecule has 0 aliphatic rings. The van der Waals surface area contributed by atoms with E-state index < -0.39 is 10.0 Å². The molecule has 0 spiro atoms. The summed E-state index contributed by atoms with van der Waals surface area (Å²) in [6, 6.07) is 19.5. The van der Waals surface area contributed by atoms with E-state index in [1.54, 1.807) is 18.3 Å². The zero-order valence-corrected chi connectivity index (χ0v) is 16.4. The van der Waals surface area contributed by atoms with Gasteiger partial charge in [-0.1, -0.05) is 41.9 Å². The third-order valence-corrected chi connectivity index (χ3v) is 6.02. The van der Waals surface area contributed by atoms with Crippen molar-refractivity contribution in [3.8, 4) is 11.4 Å². The highest BCUT2D eigenvalue weighted by molar-refractivity contribution is 7.89. The van der Waals surface area contributed by atoms with Crippen molar-refractivity contribution in [2.75, 3.05) is 6.54 Å². The van der Waals surface area contributed by atoms with Crippen LogP contribution in [0, 0.1) is 0 Å². The molecule has 0 unspecified atom stereocenters. The molecule has 2 aromatic carbocycles. The Morgan fingerprint density at radius 3 is 2.46 bits per heavy atom. The van der Waals surface area contributed by atoms with E-state index in [0.29, 0.717) is 17.2 Å². The van der Waals surface area contributed by atoms with Crippen LogP contribution in [0.25, 0.3) is 22.6 Å². The van der Waals surface area contributed by atoms with Crippen molar-refractivity contribution in [3.05, 3.63) is 77.9 Å². The van der Waals surface area contributed by atoms with Gasteiger partial charge >= 0.3 is 0 Å². The maximum Gasteiger partial charge on any atom is 0.240 e. The first-order valence-electron chi connectivity index (χ1n) is 8.66. The van der Waals surface area contributed by atoms with Crippen molar-refractivity contribution in [2.45, 2.75) is 11.4 Å². The SMILES string of the molecule is O=S(=O)(NCCn1c(-c2ccccc2)nc2cccnc21)c1ccc(Cl)cc1. The molecule has 0 bridgehead atoms. The van der Waals surface area contributed by atoms with Crippen LogP contribution in [0.5, 0.6) is 0 Å². The molecule has 0 atom stereocenters. The van der Waals surface area contributed by atoms with Gasteiger partial charge in [0.2, 0.25) is 10.0 Å². The quantitative estimate of drug-likeness (QED) is 0.523. The number of hydrogen-bond donors (Lipinski definition) is 1. The third-order valence-electron chi connectivity index (χ3n) is 4.29. The minimum absolute atomic E-state index is 0.175. The minimum Gasteiger partial charge on any atom is -0.307 e. The van der Waals surface area contributed by atoms with Gasteiger partial charge in [0.15, 0.2) is 5.65 Å². The first kappa shape index (κ1) is 18.6. The number of pyridine rings is 1. The lowest BCUT2D eigenvalue weighted by Gasteiger charge is -2.10. The molecule has 0 aliphatic heterocycles. The summed E-state index contributed by atoms with van der Waals surface area (Å²) in [4.78, 5) is 9.27. The Bertz CT molecular complexity index is 1210. The molecule has 0 aliphatic carbocycles. The maximum atomic E-state index is 12.5. The Hall–Kier alpha value is -2.74. The zero-order chi connectivity index (χ0) is 19.6. The van der Waals surface area contributed by atoms with Crippen molar-refractivity contribution in [1.82, 2.24) is 19.3 Å². The molecular weight excluding hydrogens is 396 g/mol. The number of sulfonamides is 1. The molecule has 142 valence electrons. The van der Waals surface area contributed by atoms with Crippen molar-refractivity contribution >= 4 is 32.8 Å². The zero-order valence-electron chi connectivity index (χ0n) is 14.8. The predicted octanol–water partition coefficient (Wildman–Crippen LogP) is 3.73. The van der Waals surface area contributed by atoms with Crippen LogP contribution in [0.2, 0.25) is 5.02 Å². The summed E-state index contributed by atoms with van der Waals surface area (Å²) >= 11 is 5.83. The molecule has 6 nitrogen and oxygen atoms in total. The third kappa shape index (κ3) is 3.77. The second-order valence-corrected chi connectivity index (χ2v) is 8.35. The highest BCUT2D eigenvalue weighted by Crippen LogP contribution is 2.23. The molecule has 0 saturated heterocycles. The van der Waals surface area contributed by atoms with Crippen LogP contribution < -0.4 is 4.72 Å². The van der Waals surface area contributed by atoms with E-state index in [1.165, 1.54) is 12.1 Å². The van der Waals surface area contributed by atoms with E-state index >= 15 is 0 Å². The summed E-state index contributed by atoms with van der Waals surface area (Å²) in [5.74, 6) is 0.750. The van der Waals surface area contributed by atoms with Gasteiger partial charge < -0.3 is 4.57 Å². The van der Waals surface area contributed by atoms with E-state index in [0.717, 1.165) is 16.9 Å². The van der Waals surface area contributed by atoms with Crippen LogP contribution in [0.3, 0.4) is 0 Å². The Morgan fingerprint density at radius 1 is 0.964 bits per heavy atom. The van der Waals surface area contributed by atoms with Crippen LogP contribution >= 0.6 is 11.6 Å². The van der Waals surface area contributed by atoms with Gasteiger partial charge in [-0.3, -0.25) is 0 Å². The van der Waals surface area contributed by atoms with Gasteiger partial charge in [-0.05, 0) is 36.4 Å². The van der Waals surface area contributed by atoms with Gasteiger partial charge in [-0.25, -0.2) is 23.1 Å². The second-order valence-electron chi connectivity index (χ2n) is 6.15. The first-order valence-corrected chi connectivity index (χ1v) is 10.5. The highest BCUT2D eigenvalue weighted by Gasteiger charge is 2.16. The van der Waals surface area contributed by atoms with E-state index in [1.807, 2.05) is 47.0 Å². The van der Waals surface area contributed by atoms with Gasteiger partial charge in [-0.2, -0.15) is 0 Å². The lowest BCUT2D eigenvalue weighted by Crippen LogP contribution is -2.27. The van der Waals surface area contributed by atoms with Gasteiger partial charge in [-0.15, -0.1) is 0 Å². The first-order chi connectivity index (χ1) is 13.5. The fourth-order valence-electron chi connectivity index (χ4n) is 2.97. The number of nitrogens with one attached hydrogen (secondary N) is 1. The van der Waals surface area contributed by atoms with Crippen molar-refractivity contribution in [1.29, 1.82) is 0 Å². The minimum atomic E-state index is -3.62. The van der Waals surface area contributed by atoms with Crippen LogP contribution in [-0.4, -0.2) is 29.5 Å². The van der Waals surface area contributed by atoms with Crippen LogP contribution in [0.15, 0.2) is 77.8 Å². The van der Waals surface area contributed by atoms with E-state index in [2.05, 4.69) is 14.7 Å². The molecule has 4 rings (SSSR count). The average Bonchev–Trinajstić information content (AvgIpc) is 3.08. The average molecular weight is 413 g/mol. The lowest BCUT2D eigenvalue weighted by atomic mass is 10.2. The van der Waals surface area contributed by atoms with Crippen molar-refractivity contribution in [2.24, 2.45) is 0 Å². The Kier molecular flexibility index (Phi) is 5.13. The number of nitrogens with zero attached hydrogens (tertiary/aromatic N) is 3. The Morgan fingerprint density at radius 2 is 1.71 bits per heavy atom. The summed E-state index contributed by atoms with van der Waals surface area (Å²) in [6.45, 7) is 0.595. The second kappa shape index (κ2) is 7.71. The number of halogens is 1. The number of aromatic nitrogens is 3. The molecule has 1 N–H and O–H groups in total. The predicted molar refractivity (Wildman–Crippen MR) is 110 cm³/mol. The maximum absolute atomic E-state index is 12.5. The molecule has 8 heteroatoms. The largest absolute Gasteiger partial charge is 0.307 e. The Labute approximate surface area is 167 Å². The fraction of sp³-hybridized carbons (Fsp3) is 0.100. The lowest BCUT2D eigenvalue weighted by molar-refractivity contribution is 0.574. The number of rotatable bonds is 6. The number of benzene rings is 2. The molecular formula is C20H17ClN4O2S. The molecule has 0 fully saturated rings. The summed E-state index contributed by atoms with van der Waals surface area (Å²) in [7, 11) is -3.62. The van der Waals surface area contributed by atoms with Gasteiger partial charge in [0.05, 0.1) is 4.90 Å². The van der Waals surface area contributed by atoms with E-state index in [-0.39, 0.29) is 11.4 Å². The van der Waals surface area contributed by atoms with Gasteiger partial charge in [0.1, 0.15) is 11.3 Å². The number of imidazole rings is 1. The van der Waals surface area contributed by atoms with Gasteiger partial charge in [0.25, 0.3) is 0 Å². The molecule has 2 aromatic heterocycles. The summed E-state index contributed by atoms with van der Waals surface area (Å²) in [5, 5.41) is 0.488. The molecule has 0 radical (unpaired) electrons. The number of hydrogen-bond acceptors (Lipinski definition) is 4. The van der Waals surface area contributed by atoms with Crippen molar-refractivity contribution in [3.63, 3.8) is 0 Å². The van der Waals surface area contributed by atoms with Crippen LogP contribution in [0.1, 0.15) is 0 Å². The normalized spacial score (nSPS) is 11.8. The smallest absolute Gasteiger partial charge is 0.240 e. The van der Waals surface area contributed by atoms with E-state index in [9.17, 15) is 8.42 Å². The highest BCUT2D eigenvalue weighted by atomic mass is 35.5. The van der Waals surface area contributed by atoms with Gasteiger partial charge in [0, 0.05) is 29.9 Å². The molecule has 2 heterocycles. The van der Waals surface area contributed by atoms with E-state index in [4.69, 9.17) is 11.6 Å². The fourth-order valence-corrected chi connectivity index (χ4v) is 4.11. The Balaban J connectivity index is 1.60.